The SMILES string of the molecule is CN1CCCN(CCC(C)(C)CN)CC1=O. The summed E-state index contributed by atoms with van der Waals surface area (Å²) >= 11 is 0. The molecule has 0 radical (unpaired) electrons. The van der Waals surface area contributed by atoms with E-state index < -0.39 is 0 Å². The lowest BCUT2D eigenvalue weighted by atomic mass is 9.89. The van der Waals surface area contributed by atoms with E-state index in [2.05, 4.69) is 18.7 Å². The van der Waals surface area contributed by atoms with Gasteiger partial charge in [0.15, 0.2) is 0 Å². The fourth-order valence-electron chi connectivity index (χ4n) is 1.80. The summed E-state index contributed by atoms with van der Waals surface area (Å²) in [6.07, 6.45) is 2.13. The molecule has 0 saturated carbocycles. The molecule has 1 rings (SSSR count). The summed E-state index contributed by atoms with van der Waals surface area (Å²) in [5.74, 6) is 0.239. The molecule has 94 valence electrons. The number of nitrogens with two attached hydrogens (primary N) is 1. The normalized spacial score (nSPS) is 20.0. The average molecular weight is 227 g/mol. The van der Waals surface area contributed by atoms with Crippen molar-refractivity contribution in [1.82, 2.24) is 9.80 Å². The third-order valence-corrected chi connectivity index (χ3v) is 3.41. The van der Waals surface area contributed by atoms with Gasteiger partial charge in [-0.15, -0.1) is 0 Å². The van der Waals surface area contributed by atoms with Crippen molar-refractivity contribution in [2.24, 2.45) is 11.1 Å². The zero-order valence-corrected chi connectivity index (χ0v) is 10.8. The van der Waals surface area contributed by atoms with Gasteiger partial charge < -0.3 is 10.6 Å². The van der Waals surface area contributed by atoms with Gasteiger partial charge in [-0.25, -0.2) is 0 Å². The molecule has 2 N–H and O–H groups in total. The minimum atomic E-state index is 0.182. The highest BCUT2D eigenvalue weighted by Gasteiger charge is 2.21. The number of rotatable bonds is 4. The summed E-state index contributed by atoms with van der Waals surface area (Å²) in [5, 5.41) is 0. The largest absolute Gasteiger partial charge is 0.345 e. The maximum Gasteiger partial charge on any atom is 0.236 e. The number of carbonyl (C=O) groups is 1. The lowest BCUT2D eigenvalue weighted by Crippen LogP contribution is -2.37. The standard InChI is InChI=1S/C12H25N3O/c1-12(2,10-13)5-8-15-7-4-6-14(3)11(16)9-15/h4-10,13H2,1-3H3. The molecule has 0 atom stereocenters. The molecule has 0 bridgehead atoms. The molecule has 1 amide bonds. The zero-order chi connectivity index (χ0) is 12.2. The Morgan fingerprint density at radius 3 is 2.69 bits per heavy atom. The highest BCUT2D eigenvalue weighted by atomic mass is 16.2. The molecule has 0 aromatic rings. The number of likely N-dealkylation sites (N-methyl/N-ethyl adjacent to an activating group) is 1. The first-order valence-electron chi connectivity index (χ1n) is 6.11. The fourth-order valence-corrected chi connectivity index (χ4v) is 1.80. The highest BCUT2D eigenvalue weighted by Crippen LogP contribution is 2.19. The van der Waals surface area contributed by atoms with Gasteiger partial charge in [-0.05, 0) is 31.3 Å². The van der Waals surface area contributed by atoms with E-state index in [1.165, 1.54) is 0 Å². The van der Waals surface area contributed by atoms with Crippen LogP contribution in [0.15, 0.2) is 0 Å². The molecular weight excluding hydrogens is 202 g/mol. The van der Waals surface area contributed by atoms with Crippen molar-refractivity contribution < 1.29 is 4.79 Å². The number of amides is 1. The van der Waals surface area contributed by atoms with Gasteiger partial charge in [-0.3, -0.25) is 9.69 Å². The first-order valence-corrected chi connectivity index (χ1v) is 6.11. The summed E-state index contributed by atoms with van der Waals surface area (Å²) in [6.45, 7) is 8.51. The van der Waals surface area contributed by atoms with E-state index in [1.54, 1.807) is 0 Å². The predicted octanol–water partition coefficient (Wildman–Crippen LogP) is 0.526. The minimum Gasteiger partial charge on any atom is -0.345 e. The van der Waals surface area contributed by atoms with E-state index in [4.69, 9.17) is 5.73 Å². The van der Waals surface area contributed by atoms with Gasteiger partial charge in [0.25, 0.3) is 0 Å². The third-order valence-electron chi connectivity index (χ3n) is 3.41. The van der Waals surface area contributed by atoms with E-state index in [-0.39, 0.29) is 11.3 Å². The van der Waals surface area contributed by atoms with Crippen molar-refractivity contribution in [3.8, 4) is 0 Å². The molecule has 1 aliphatic rings. The van der Waals surface area contributed by atoms with Crippen molar-refractivity contribution in [3.05, 3.63) is 0 Å². The van der Waals surface area contributed by atoms with Gasteiger partial charge >= 0.3 is 0 Å². The van der Waals surface area contributed by atoms with E-state index in [1.807, 2.05) is 11.9 Å². The van der Waals surface area contributed by atoms with Crippen LogP contribution in [0, 0.1) is 5.41 Å². The molecular formula is C12H25N3O. The second kappa shape index (κ2) is 5.64. The van der Waals surface area contributed by atoms with Gasteiger partial charge in [0.05, 0.1) is 6.54 Å². The third kappa shape index (κ3) is 4.10. The van der Waals surface area contributed by atoms with E-state index >= 15 is 0 Å². The lowest BCUT2D eigenvalue weighted by molar-refractivity contribution is -0.129. The molecule has 1 aliphatic heterocycles. The Bertz CT molecular complexity index is 240. The molecule has 1 heterocycles. The number of carbonyl (C=O) groups excluding carboxylic acids is 1. The molecule has 16 heavy (non-hydrogen) atoms. The van der Waals surface area contributed by atoms with Crippen LogP contribution in [0.2, 0.25) is 0 Å². The van der Waals surface area contributed by atoms with Gasteiger partial charge in [-0.1, -0.05) is 13.8 Å². The molecule has 0 aromatic heterocycles. The first-order chi connectivity index (χ1) is 7.44. The maximum absolute atomic E-state index is 11.7. The zero-order valence-electron chi connectivity index (χ0n) is 10.8. The van der Waals surface area contributed by atoms with Crippen LogP contribution in [0.25, 0.3) is 0 Å². The van der Waals surface area contributed by atoms with Crippen molar-refractivity contribution in [3.63, 3.8) is 0 Å². The topological polar surface area (TPSA) is 49.6 Å². The molecule has 4 nitrogen and oxygen atoms in total. The van der Waals surface area contributed by atoms with Gasteiger partial charge in [0.1, 0.15) is 0 Å². The van der Waals surface area contributed by atoms with Gasteiger partial charge in [-0.2, -0.15) is 0 Å². The number of hydrogen-bond acceptors (Lipinski definition) is 3. The Hall–Kier alpha value is -0.610. The van der Waals surface area contributed by atoms with Crippen LogP contribution in [-0.2, 0) is 4.79 Å². The lowest BCUT2D eigenvalue weighted by Gasteiger charge is -2.27. The minimum absolute atomic E-state index is 0.182. The summed E-state index contributed by atoms with van der Waals surface area (Å²) < 4.78 is 0. The smallest absolute Gasteiger partial charge is 0.236 e. The van der Waals surface area contributed by atoms with Crippen molar-refractivity contribution in [2.45, 2.75) is 26.7 Å². The molecule has 4 heteroatoms. The summed E-state index contributed by atoms with van der Waals surface area (Å²) in [4.78, 5) is 15.8. The van der Waals surface area contributed by atoms with Crippen LogP contribution in [0.5, 0.6) is 0 Å². The van der Waals surface area contributed by atoms with Crippen molar-refractivity contribution in [1.29, 1.82) is 0 Å². The Balaban J connectivity index is 2.40. The molecule has 0 aliphatic carbocycles. The Morgan fingerprint density at radius 1 is 1.38 bits per heavy atom. The van der Waals surface area contributed by atoms with Crippen molar-refractivity contribution >= 4 is 5.91 Å². The van der Waals surface area contributed by atoms with E-state index in [0.29, 0.717) is 13.1 Å². The van der Waals surface area contributed by atoms with Gasteiger partial charge in [0, 0.05) is 20.1 Å². The van der Waals surface area contributed by atoms with Crippen LogP contribution < -0.4 is 5.73 Å². The van der Waals surface area contributed by atoms with Crippen LogP contribution in [-0.4, -0.2) is 55.5 Å². The summed E-state index contributed by atoms with van der Waals surface area (Å²) in [6, 6.07) is 0. The number of hydrogen-bond donors (Lipinski definition) is 1. The molecule has 0 spiro atoms. The average Bonchev–Trinajstić information content (AvgIpc) is 2.39. The Kier molecular flexibility index (Phi) is 4.74. The Morgan fingerprint density at radius 2 is 2.06 bits per heavy atom. The molecule has 0 aromatic carbocycles. The van der Waals surface area contributed by atoms with Crippen LogP contribution >= 0.6 is 0 Å². The first kappa shape index (κ1) is 13.5. The Labute approximate surface area is 98.8 Å². The second-order valence-electron chi connectivity index (χ2n) is 5.56. The van der Waals surface area contributed by atoms with Crippen molar-refractivity contribution in [2.75, 3.05) is 39.8 Å². The molecule has 1 fully saturated rings. The van der Waals surface area contributed by atoms with Gasteiger partial charge in [0.2, 0.25) is 5.91 Å². The molecule has 0 unspecified atom stereocenters. The van der Waals surface area contributed by atoms with Crippen LogP contribution in [0.1, 0.15) is 26.7 Å². The number of nitrogens with zero attached hydrogens (tertiary/aromatic N) is 2. The fraction of sp³-hybridized carbons (Fsp3) is 0.917. The van der Waals surface area contributed by atoms with E-state index in [0.717, 1.165) is 32.5 Å². The van der Waals surface area contributed by atoms with E-state index in [9.17, 15) is 4.79 Å². The highest BCUT2D eigenvalue weighted by molar-refractivity contribution is 5.78. The predicted molar refractivity (Wildman–Crippen MR) is 66.1 cm³/mol. The van der Waals surface area contributed by atoms with Crippen LogP contribution in [0.3, 0.4) is 0 Å². The summed E-state index contributed by atoms with van der Waals surface area (Å²) in [7, 11) is 1.88. The van der Waals surface area contributed by atoms with Crippen LogP contribution in [0.4, 0.5) is 0 Å². The molecule has 1 saturated heterocycles. The summed E-state index contributed by atoms with van der Waals surface area (Å²) in [5.41, 5.74) is 5.89. The second-order valence-corrected chi connectivity index (χ2v) is 5.56. The quantitative estimate of drug-likeness (QED) is 0.762. The maximum atomic E-state index is 11.7. The monoisotopic (exact) mass is 227 g/mol.